The summed E-state index contributed by atoms with van der Waals surface area (Å²) in [5, 5.41) is 33.7. The number of aliphatic hydroxyl groups excluding tert-OH is 1. The van der Waals surface area contributed by atoms with Crippen molar-refractivity contribution < 1.29 is 5.11 Å². The molecular weight excluding hydrogens is 364 g/mol. The van der Waals surface area contributed by atoms with Crippen LogP contribution in [0.2, 0.25) is 0 Å². The van der Waals surface area contributed by atoms with Crippen LogP contribution in [0, 0.1) is 5.41 Å². The number of rotatable bonds is 4. The van der Waals surface area contributed by atoms with Crippen molar-refractivity contribution in [2.45, 2.75) is 57.7 Å². The van der Waals surface area contributed by atoms with Gasteiger partial charge in [0.25, 0.3) is 0 Å². The summed E-state index contributed by atoms with van der Waals surface area (Å²) >= 11 is 0. The van der Waals surface area contributed by atoms with Crippen molar-refractivity contribution in [3.63, 3.8) is 0 Å². The molecule has 1 aliphatic heterocycles. The monoisotopic (exact) mass is 396 g/mol. The first-order valence-electron chi connectivity index (χ1n) is 9.97. The van der Waals surface area contributed by atoms with Crippen molar-refractivity contribution in [3.05, 3.63) is 47.5 Å². The summed E-state index contributed by atoms with van der Waals surface area (Å²) < 4.78 is 0. The van der Waals surface area contributed by atoms with Gasteiger partial charge in [0.05, 0.1) is 11.4 Å². The van der Waals surface area contributed by atoms with Crippen molar-refractivity contribution in [2.75, 3.05) is 19.0 Å². The zero-order valence-corrected chi connectivity index (χ0v) is 18.2. The van der Waals surface area contributed by atoms with E-state index >= 15 is 0 Å². The average molecular weight is 397 g/mol. The third kappa shape index (κ3) is 4.67. The lowest BCUT2D eigenvalue weighted by atomic mass is 9.79. The molecule has 1 aromatic heterocycles. The van der Waals surface area contributed by atoms with E-state index in [4.69, 9.17) is 5.41 Å². The Hall–Kier alpha value is -2.67. The van der Waals surface area contributed by atoms with Gasteiger partial charge in [-0.3, -0.25) is 0 Å². The summed E-state index contributed by atoms with van der Waals surface area (Å²) in [7, 11) is 3.85. The number of piperidine rings is 1. The second-order valence-electron chi connectivity index (χ2n) is 9.23. The molecule has 0 unspecified atom stereocenters. The van der Waals surface area contributed by atoms with Gasteiger partial charge in [0.15, 0.2) is 5.82 Å². The summed E-state index contributed by atoms with van der Waals surface area (Å²) in [6.07, 6.45) is 6.94. The maximum absolute atomic E-state index is 10.3. The second-order valence-corrected chi connectivity index (χ2v) is 9.23. The summed E-state index contributed by atoms with van der Waals surface area (Å²) in [4.78, 5) is 2.20. The first-order valence-corrected chi connectivity index (χ1v) is 9.97. The van der Waals surface area contributed by atoms with E-state index in [0.717, 1.165) is 18.7 Å². The molecule has 7 nitrogen and oxygen atoms in total. The predicted octanol–water partition coefficient (Wildman–Crippen LogP) is 3.18. The van der Waals surface area contributed by atoms with Crippen LogP contribution in [0.15, 0.2) is 41.8 Å². The maximum atomic E-state index is 10.3. The molecule has 1 saturated heterocycles. The van der Waals surface area contributed by atoms with E-state index in [-0.39, 0.29) is 22.5 Å². The SMILES string of the molecule is CN/C=C1/C=C(c2ccc(N(C)C3CC(C)(C)NC(C)(C)C3)nn2)C(O)=CC1=N. The van der Waals surface area contributed by atoms with Gasteiger partial charge in [-0.1, -0.05) is 0 Å². The van der Waals surface area contributed by atoms with Crippen molar-refractivity contribution in [2.24, 2.45) is 0 Å². The quantitative estimate of drug-likeness (QED) is 0.624. The van der Waals surface area contributed by atoms with Crippen molar-refractivity contribution >= 4 is 17.1 Å². The van der Waals surface area contributed by atoms with Crippen LogP contribution in [0.5, 0.6) is 0 Å². The third-order valence-electron chi connectivity index (χ3n) is 5.47. The number of allylic oxidation sites excluding steroid dienone is 4. The van der Waals surface area contributed by atoms with Crippen molar-refractivity contribution in [1.29, 1.82) is 5.41 Å². The summed E-state index contributed by atoms with van der Waals surface area (Å²) in [5.74, 6) is 0.839. The second kappa shape index (κ2) is 7.63. The molecule has 29 heavy (non-hydrogen) atoms. The van der Waals surface area contributed by atoms with Gasteiger partial charge in [0.1, 0.15) is 5.76 Å². The highest BCUT2D eigenvalue weighted by molar-refractivity contribution is 6.13. The van der Waals surface area contributed by atoms with Gasteiger partial charge in [0, 0.05) is 54.6 Å². The topological polar surface area (TPSA) is 97.2 Å². The standard InChI is InChI=1S/C22H32N6O/c1-21(2)11-15(12-22(3,4)27-21)28(6)20-8-7-18(25-26-20)16-9-14(13-24-5)17(23)10-19(16)29/h7-10,13,15,23-24,27,29H,11-12H2,1-6H3/b14-13-,23-17?. The fraction of sp³-hybridized carbons (Fsp3) is 0.500. The zero-order valence-electron chi connectivity index (χ0n) is 18.2. The molecule has 0 atom stereocenters. The summed E-state index contributed by atoms with van der Waals surface area (Å²) in [6.45, 7) is 8.95. The van der Waals surface area contributed by atoms with Crippen LogP contribution in [0.4, 0.5) is 5.82 Å². The van der Waals surface area contributed by atoms with Crippen LogP contribution < -0.4 is 15.5 Å². The summed E-state index contributed by atoms with van der Waals surface area (Å²) in [6, 6.07) is 4.17. The number of hydrogen-bond acceptors (Lipinski definition) is 7. The van der Waals surface area contributed by atoms with E-state index in [0.29, 0.717) is 22.9 Å². The highest BCUT2D eigenvalue weighted by Crippen LogP contribution is 2.33. The molecule has 0 bridgehead atoms. The van der Waals surface area contributed by atoms with Crippen LogP contribution in [0.25, 0.3) is 5.57 Å². The molecule has 0 spiro atoms. The smallest absolute Gasteiger partial charge is 0.151 e. The lowest BCUT2D eigenvalue weighted by Crippen LogP contribution is -2.62. The van der Waals surface area contributed by atoms with E-state index < -0.39 is 0 Å². The molecule has 0 amide bonds. The average Bonchev–Trinajstić information content (AvgIpc) is 2.61. The fourth-order valence-electron chi connectivity index (χ4n) is 4.47. The fourth-order valence-corrected chi connectivity index (χ4v) is 4.47. The van der Waals surface area contributed by atoms with E-state index in [2.05, 4.69) is 60.5 Å². The largest absolute Gasteiger partial charge is 0.507 e. The lowest BCUT2D eigenvalue weighted by molar-refractivity contribution is 0.160. The van der Waals surface area contributed by atoms with E-state index in [1.807, 2.05) is 12.1 Å². The molecule has 2 heterocycles. The molecular formula is C22H32N6O. The maximum Gasteiger partial charge on any atom is 0.151 e. The lowest BCUT2D eigenvalue weighted by Gasteiger charge is -2.49. The Balaban J connectivity index is 1.83. The van der Waals surface area contributed by atoms with E-state index in [9.17, 15) is 5.11 Å². The number of aromatic nitrogens is 2. The number of anilines is 1. The Bertz CT molecular complexity index is 863. The minimum Gasteiger partial charge on any atom is -0.507 e. The normalized spacial score (nSPS) is 22.8. The minimum atomic E-state index is 0.0283. The van der Waals surface area contributed by atoms with Crippen LogP contribution in [-0.4, -0.2) is 52.2 Å². The first kappa shape index (κ1) is 21.0. The molecule has 1 aromatic rings. The number of aliphatic hydroxyl groups is 1. The molecule has 4 N–H and O–H groups in total. The highest BCUT2D eigenvalue weighted by Gasteiger charge is 2.39. The Morgan fingerprint density at radius 1 is 1.17 bits per heavy atom. The Kier molecular flexibility index (Phi) is 5.54. The number of nitrogens with one attached hydrogen (secondary N) is 3. The van der Waals surface area contributed by atoms with E-state index in [1.165, 1.54) is 6.08 Å². The van der Waals surface area contributed by atoms with Crippen molar-refractivity contribution in [1.82, 2.24) is 20.8 Å². The summed E-state index contributed by atoms with van der Waals surface area (Å²) in [5.41, 5.74) is 2.18. The van der Waals surface area contributed by atoms with Gasteiger partial charge < -0.3 is 26.0 Å². The number of nitrogens with zero attached hydrogens (tertiary/aromatic N) is 3. The van der Waals surface area contributed by atoms with E-state index in [1.54, 1.807) is 19.3 Å². The highest BCUT2D eigenvalue weighted by atomic mass is 16.3. The Labute approximate surface area is 173 Å². The molecule has 1 fully saturated rings. The third-order valence-corrected chi connectivity index (χ3v) is 5.47. The molecule has 0 radical (unpaired) electrons. The first-order chi connectivity index (χ1) is 13.5. The van der Waals surface area contributed by atoms with Crippen LogP contribution in [0.3, 0.4) is 0 Å². The Morgan fingerprint density at radius 3 is 2.38 bits per heavy atom. The van der Waals surface area contributed by atoms with Gasteiger partial charge in [-0.2, -0.15) is 0 Å². The van der Waals surface area contributed by atoms with Gasteiger partial charge in [-0.05, 0) is 58.7 Å². The van der Waals surface area contributed by atoms with Crippen LogP contribution in [0.1, 0.15) is 46.2 Å². The van der Waals surface area contributed by atoms with Gasteiger partial charge in [-0.15, -0.1) is 10.2 Å². The minimum absolute atomic E-state index is 0.0283. The molecule has 156 valence electrons. The molecule has 2 aliphatic rings. The van der Waals surface area contributed by atoms with Crippen LogP contribution in [-0.2, 0) is 0 Å². The molecule has 0 saturated carbocycles. The molecule has 0 aromatic carbocycles. The molecule has 7 heteroatoms. The van der Waals surface area contributed by atoms with Crippen LogP contribution >= 0.6 is 0 Å². The van der Waals surface area contributed by atoms with Crippen molar-refractivity contribution in [3.8, 4) is 0 Å². The molecule has 1 aliphatic carbocycles. The van der Waals surface area contributed by atoms with Gasteiger partial charge >= 0.3 is 0 Å². The Morgan fingerprint density at radius 2 is 1.83 bits per heavy atom. The predicted molar refractivity (Wildman–Crippen MR) is 118 cm³/mol. The molecule has 3 rings (SSSR count). The van der Waals surface area contributed by atoms with Gasteiger partial charge in [0.2, 0.25) is 0 Å². The van der Waals surface area contributed by atoms with Gasteiger partial charge in [-0.25, -0.2) is 0 Å². The number of hydrogen-bond donors (Lipinski definition) is 4. The zero-order chi connectivity index (χ0) is 21.4.